The van der Waals surface area contributed by atoms with Crippen LogP contribution in [-0.2, 0) is 6.42 Å². The van der Waals surface area contributed by atoms with Gasteiger partial charge >= 0.3 is 11.5 Å². The molecule has 3 rings (SSSR count). The van der Waals surface area contributed by atoms with Crippen LogP contribution in [0.5, 0.6) is 5.75 Å². The Hall–Kier alpha value is -2.35. The number of methoxy groups -OCH3 is 1. The molecule has 0 atom stereocenters. The van der Waals surface area contributed by atoms with Gasteiger partial charge in [-0.2, -0.15) is 0 Å². The van der Waals surface area contributed by atoms with Gasteiger partial charge in [-0.05, 0) is 36.8 Å². The second kappa shape index (κ2) is 5.57. The van der Waals surface area contributed by atoms with Gasteiger partial charge in [0.2, 0.25) is 0 Å². The third-order valence-corrected chi connectivity index (χ3v) is 3.88. The lowest BCUT2D eigenvalue weighted by atomic mass is 9.99. The van der Waals surface area contributed by atoms with E-state index < -0.39 is 0 Å². The monoisotopic (exact) mass is 279 g/mol. The zero-order chi connectivity index (χ0) is 14.8. The predicted molar refractivity (Wildman–Crippen MR) is 86.7 cm³/mol. The Morgan fingerprint density at radius 1 is 0.952 bits per heavy atom. The third kappa shape index (κ3) is 2.38. The average Bonchev–Trinajstić information content (AvgIpc) is 2.54. The fraction of sp³-hybridized carbons (Fsp3) is 0.211. The van der Waals surface area contributed by atoms with Crippen LogP contribution in [0.25, 0.3) is 22.1 Å². The summed E-state index contributed by atoms with van der Waals surface area (Å²) in [5, 5.41) is 2.43. The minimum Gasteiger partial charge on any atom is -0.497 e. The summed E-state index contributed by atoms with van der Waals surface area (Å²) in [7, 11) is 1.68. The molecule has 1 heterocycles. The van der Waals surface area contributed by atoms with Crippen molar-refractivity contribution in [3.8, 4) is 17.1 Å². The first kappa shape index (κ1) is 13.6. The van der Waals surface area contributed by atoms with E-state index in [0.29, 0.717) is 0 Å². The Morgan fingerprint density at radius 2 is 1.62 bits per heavy atom. The molecule has 106 valence electrons. The van der Waals surface area contributed by atoms with E-state index in [4.69, 9.17) is 9.15 Å². The van der Waals surface area contributed by atoms with Gasteiger partial charge in [-0.15, -0.1) is 0 Å². The second-order valence-electron chi connectivity index (χ2n) is 5.09. The van der Waals surface area contributed by atoms with Gasteiger partial charge in [-0.25, -0.2) is 4.42 Å². The summed E-state index contributed by atoms with van der Waals surface area (Å²) >= 11 is 0. The van der Waals surface area contributed by atoms with E-state index in [1.54, 1.807) is 7.11 Å². The second-order valence-corrected chi connectivity index (χ2v) is 5.09. The van der Waals surface area contributed by atoms with Crippen LogP contribution in [0.15, 0.2) is 52.9 Å². The molecule has 2 aromatic carbocycles. The van der Waals surface area contributed by atoms with E-state index in [-0.39, 0.29) is 0 Å². The van der Waals surface area contributed by atoms with Crippen LogP contribution >= 0.6 is 0 Å². The zero-order valence-electron chi connectivity index (χ0n) is 12.6. The van der Waals surface area contributed by atoms with Gasteiger partial charge in [-0.3, -0.25) is 0 Å². The Morgan fingerprint density at radius 3 is 2.24 bits per heavy atom. The Labute approximate surface area is 125 Å². The quantitative estimate of drug-likeness (QED) is 0.609. The minimum absolute atomic E-state index is 0.852. The largest absolute Gasteiger partial charge is 0.497 e. The molecule has 1 aromatic heterocycles. The van der Waals surface area contributed by atoms with Crippen LogP contribution in [-0.4, -0.2) is 7.11 Å². The highest BCUT2D eigenvalue weighted by atomic mass is 16.5. The summed E-state index contributed by atoms with van der Waals surface area (Å²) in [6.07, 6.45) is 0.971. The van der Waals surface area contributed by atoms with Crippen molar-refractivity contribution in [3.63, 3.8) is 0 Å². The molecule has 0 saturated carbocycles. The number of hydrogen-bond donors (Lipinski definition) is 0. The first-order chi connectivity index (χ1) is 10.2. The molecule has 0 amide bonds. The van der Waals surface area contributed by atoms with Crippen molar-refractivity contribution in [2.75, 3.05) is 7.11 Å². The summed E-state index contributed by atoms with van der Waals surface area (Å²) in [5.74, 6) is 2.76. The number of hydrogen-bond acceptors (Lipinski definition) is 1. The van der Waals surface area contributed by atoms with Crippen LogP contribution in [0, 0.1) is 6.92 Å². The highest BCUT2D eigenvalue weighted by Gasteiger charge is 2.22. The molecule has 21 heavy (non-hydrogen) atoms. The lowest BCUT2D eigenvalue weighted by molar-refractivity contribution is 0.415. The van der Waals surface area contributed by atoms with Crippen molar-refractivity contribution >= 4 is 10.8 Å². The number of aryl methyl sites for hydroxylation is 2. The molecule has 0 radical (unpaired) electrons. The van der Waals surface area contributed by atoms with Crippen molar-refractivity contribution in [2.24, 2.45) is 0 Å². The molecule has 0 bridgehead atoms. The van der Waals surface area contributed by atoms with Crippen molar-refractivity contribution in [1.29, 1.82) is 0 Å². The molecular weight excluding hydrogens is 260 g/mol. The van der Waals surface area contributed by atoms with Gasteiger partial charge in [0, 0.05) is 5.39 Å². The Kier molecular flexibility index (Phi) is 3.61. The van der Waals surface area contributed by atoms with Gasteiger partial charge in [0.25, 0.3) is 0 Å². The molecule has 0 aliphatic carbocycles. The molecule has 2 heteroatoms. The summed E-state index contributed by atoms with van der Waals surface area (Å²) in [4.78, 5) is 0. The standard InChI is InChI=1S/C19H19O2/c1-4-16-13(2)21-19(18-8-6-5-7-17(16)18)14-9-11-15(20-3)12-10-14/h5-12H,4H2,1-3H3/q+1. The van der Waals surface area contributed by atoms with E-state index >= 15 is 0 Å². The lowest BCUT2D eigenvalue weighted by Crippen LogP contribution is -1.92. The first-order valence-electron chi connectivity index (χ1n) is 7.23. The molecular formula is C19H19O2+. The molecule has 3 aromatic rings. The predicted octanol–water partition coefficient (Wildman–Crippen LogP) is 5.26. The zero-order valence-corrected chi connectivity index (χ0v) is 12.6. The number of fused-ring (bicyclic) bond motifs is 1. The van der Waals surface area contributed by atoms with Crippen molar-refractivity contribution in [3.05, 3.63) is 59.9 Å². The lowest BCUT2D eigenvalue weighted by Gasteiger charge is -2.04. The molecule has 0 aliphatic heterocycles. The normalized spacial score (nSPS) is 10.8. The van der Waals surface area contributed by atoms with Gasteiger partial charge in [-0.1, -0.05) is 25.1 Å². The summed E-state index contributed by atoms with van der Waals surface area (Å²) in [5.41, 5.74) is 2.35. The van der Waals surface area contributed by atoms with Crippen LogP contribution in [0.1, 0.15) is 18.2 Å². The van der Waals surface area contributed by atoms with Crippen LogP contribution in [0.3, 0.4) is 0 Å². The maximum atomic E-state index is 6.13. The highest BCUT2D eigenvalue weighted by Crippen LogP contribution is 2.34. The Balaban J connectivity index is 2.27. The van der Waals surface area contributed by atoms with Crippen LogP contribution < -0.4 is 4.74 Å². The van der Waals surface area contributed by atoms with E-state index in [1.165, 1.54) is 10.9 Å². The molecule has 0 fully saturated rings. The van der Waals surface area contributed by atoms with Gasteiger partial charge in [0.1, 0.15) is 5.75 Å². The first-order valence-corrected chi connectivity index (χ1v) is 7.23. The summed E-state index contributed by atoms with van der Waals surface area (Å²) < 4.78 is 11.4. The van der Waals surface area contributed by atoms with Crippen molar-refractivity contribution < 1.29 is 9.15 Å². The number of benzene rings is 2. The molecule has 0 spiro atoms. The van der Waals surface area contributed by atoms with Gasteiger partial charge in [0.05, 0.1) is 30.5 Å². The van der Waals surface area contributed by atoms with Crippen molar-refractivity contribution in [2.45, 2.75) is 20.3 Å². The van der Waals surface area contributed by atoms with Crippen molar-refractivity contribution in [1.82, 2.24) is 0 Å². The molecule has 0 unspecified atom stereocenters. The number of ether oxygens (including phenoxy) is 1. The maximum Gasteiger partial charge on any atom is 0.367 e. The number of rotatable bonds is 3. The fourth-order valence-corrected chi connectivity index (χ4v) is 2.80. The van der Waals surface area contributed by atoms with Crippen LogP contribution in [0.4, 0.5) is 0 Å². The minimum atomic E-state index is 0.852. The van der Waals surface area contributed by atoms with Crippen LogP contribution in [0.2, 0.25) is 0 Å². The maximum absolute atomic E-state index is 6.13. The third-order valence-electron chi connectivity index (χ3n) is 3.88. The summed E-state index contributed by atoms with van der Waals surface area (Å²) in [6, 6.07) is 16.4. The Bertz CT molecular complexity index is 773. The smallest absolute Gasteiger partial charge is 0.367 e. The molecule has 0 saturated heterocycles. The molecule has 2 nitrogen and oxygen atoms in total. The van der Waals surface area contributed by atoms with E-state index in [9.17, 15) is 0 Å². The van der Waals surface area contributed by atoms with E-state index in [2.05, 4.69) is 31.2 Å². The highest BCUT2D eigenvalue weighted by molar-refractivity contribution is 5.95. The summed E-state index contributed by atoms with van der Waals surface area (Å²) in [6.45, 7) is 4.20. The van der Waals surface area contributed by atoms with E-state index in [1.807, 2.05) is 31.2 Å². The fourth-order valence-electron chi connectivity index (χ4n) is 2.80. The van der Waals surface area contributed by atoms with Gasteiger partial charge < -0.3 is 4.74 Å². The topological polar surface area (TPSA) is 20.5 Å². The van der Waals surface area contributed by atoms with E-state index in [0.717, 1.165) is 34.6 Å². The average molecular weight is 279 g/mol. The molecule has 0 N–H and O–H groups in total. The SMILES string of the molecule is CCc1c(C)[o+]c(-c2ccc(OC)cc2)c2ccccc12. The van der Waals surface area contributed by atoms with Gasteiger partial charge in [0.15, 0.2) is 0 Å². The molecule has 0 aliphatic rings.